The zero-order valence-electron chi connectivity index (χ0n) is 20.6. The highest BCUT2D eigenvalue weighted by Gasteiger charge is 2.22. The summed E-state index contributed by atoms with van der Waals surface area (Å²) in [6.07, 6.45) is 1.61. The number of hydrogen-bond donors (Lipinski definition) is 1. The number of carbonyl (C=O) groups excluding carboxylic acids is 1. The van der Waals surface area contributed by atoms with Gasteiger partial charge in [0.05, 0.1) is 5.25 Å². The van der Waals surface area contributed by atoms with Crippen LogP contribution < -0.4 is 5.32 Å². The molecule has 1 aromatic heterocycles. The average Bonchev–Trinajstić information content (AvgIpc) is 2.88. The molecule has 1 unspecified atom stereocenters. The number of amides is 1. The zero-order valence-corrected chi connectivity index (χ0v) is 21.4. The van der Waals surface area contributed by atoms with Crippen LogP contribution in [0.15, 0.2) is 78.0 Å². The van der Waals surface area contributed by atoms with E-state index in [-0.39, 0.29) is 11.2 Å². The third-order valence-electron chi connectivity index (χ3n) is 5.86. The van der Waals surface area contributed by atoms with Gasteiger partial charge >= 0.3 is 0 Å². The molecule has 5 nitrogen and oxygen atoms in total. The average molecular weight is 483 g/mol. The van der Waals surface area contributed by atoms with Crippen molar-refractivity contribution in [2.45, 2.75) is 50.9 Å². The molecule has 3 aromatic carbocycles. The van der Waals surface area contributed by atoms with Crippen LogP contribution in [-0.2, 0) is 11.2 Å². The molecular weight excluding hydrogens is 452 g/mol. The Bertz CT molecular complexity index is 1290. The van der Waals surface area contributed by atoms with Crippen LogP contribution in [0.25, 0.3) is 22.5 Å². The second kappa shape index (κ2) is 11.3. The third-order valence-corrected chi connectivity index (χ3v) is 7.07. The Morgan fingerprint density at radius 2 is 1.37 bits per heavy atom. The molecule has 0 spiro atoms. The first kappa shape index (κ1) is 24.6. The first-order chi connectivity index (χ1) is 17.0. The number of thioether (sulfide) groups is 1. The van der Waals surface area contributed by atoms with E-state index in [0.717, 1.165) is 34.6 Å². The van der Waals surface area contributed by atoms with Crippen LogP contribution in [0.4, 0.5) is 5.69 Å². The summed E-state index contributed by atoms with van der Waals surface area (Å²) in [6.45, 7) is 8.22. The van der Waals surface area contributed by atoms with Gasteiger partial charge in [-0.05, 0) is 44.4 Å². The lowest BCUT2D eigenvalue weighted by atomic mass is 10.0. The fourth-order valence-corrected chi connectivity index (χ4v) is 4.49. The van der Waals surface area contributed by atoms with Gasteiger partial charge in [0.1, 0.15) is 11.4 Å². The molecule has 178 valence electrons. The maximum absolute atomic E-state index is 13.0. The normalized spacial score (nSPS) is 11.8. The highest BCUT2D eigenvalue weighted by molar-refractivity contribution is 8.00. The molecule has 4 aromatic rings. The molecule has 4 rings (SSSR count). The van der Waals surface area contributed by atoms with E-state index >= 15 is 0 Å². The Kier molecular flexibility index (Phi) is 7.93. The van der Waals surface area contributed by atoms with Crippen LogP contribution in [0.2, 0.25) is 0 Å². The second-order valence-electron chi connectivity index (χ2n) is 8.58. The molecule has 0 saturated carbocycles. The highest BCUT2D eigenvalue weighted by atomic mass is 32.2. The molecule has 1 atom stereocenters. The Hall–Kier alpha value is -3.51. The van der Waals surface area contributed by atoms with Crippen LogP contribution >= 0.6 is 11.8 Å². The van der Waals surface area contributed by atoms with Crippen molar-refractivity contribution in [1.29, 1.82) is 0 Å². The van der Waals surface area contributed by atoms with Crippen LogP contribution in [0.3, 0.4) is 0 Å². The lowest BCUT2D eigenvalue weighted by Gasteiger charge is -2.15. The number of nitrogens with one attached hydrogen (secondary N) is 1. The minimum absolute atomic E-state index is 0.0650. The Morgan fingerprint density at radius 3 is 1.91 bits per heavy atom. The number of aryl methyl sites for hydroxylation is 3. The Morgan fingerprint density at radius 1 is 0.800 bits per heavy atom. The van der Waals surface area contributed by atoms with Crippen molar-refractivity contribution in [3.63, 3.8) is 0 Å². The van der Waals surface area contributed by atoms with Gasteiger partial charge in [0.25, 0.3) is 0 Å². The number of benzene rings is 3. The quantitative estimate of drug-likeness (QED) is 0.277. The summed E-state index contributed by atoms with van der Waals surface area (Å²) < 4.78 is 0. The summed E-state index contributed by atoms with van der Waals surface area (Å²) >= 11 is 1.35. The molecule has 6 heteroatoms. The van der Waals surface area contributed by atoms with Gasteiger partial charge in [-0.3, -0.25) is 4.79 Å². The number of rotatable bonds is 8. The maximum atomic E-state index is 13.0. The van der Waals surface area contributed by atoms with Gasteiger partial charge in [-0.25, -0.2) is 4.98 Å². The fraction of sp³-hybridized carbons (Fsp3) is 0.241. The molecular formula is C29H30N4OS. The summed E-state index contributed by atoms with van der Waals surface area (Å²) in [4.78, 5) is 17.9. The topological polar surface area (TPSA) is 67.8 Å². The minimum Gasteiger partial charge on any atom is -0.325 e. The van der Waals surface area contributed by atoms with Crippen molar-refractivity contribution in [3.8, 4) is 22.5 Å². The molecule has 0 radical (unpaired) electrons. The Labute approximate surface area is 211 Å². The van der Waals surface area contributed by atoms with E-state index in [1.165, 1.54) is 28.5 Å². The molecule has 0 aliphatic carbocycles. The van der Waals surface area contributed by atoms with Gasteiger partial charge in [-0.1, -0.05) is 97.4 Å². The molecule has 1 N–H and O–H groups in total. The maximum Gasteiger partial charge on any atom is 0.237 e. The van der Waals surface area contributed by atoms with E-state index < -0.39 is 0 Å². The molecule has 0 aliphatic heterocycles. The Balaban J connectivity index is 1.62. The van der Waals surface area contributed by atoms with Crippen LogP contribution in [0, 0.1) is 13.8 Å². The largest absolute Gasteiger partial charge is 0.325 e. The van der Waals surface area contributed by atoms with Gasteiger partial charge in [0.2, 0.25) is 11.1 Å². The van der Waals surface area contributed by atoms with Gasteiger partial charge in [-0.2, -0.15) is 0 Å². The molecule has 35 heavy (non-hydrogen) atoms. The lowest BCUT2D eigenvalue weighted by Crippen LogP contribution is -2.25. The predicted molar refractivity (Wildman–Crippen MR) is 145 cm³/mol. The summed E-state index contributed by atoms with van der Waals surface area (Å²) in [5, 5.41) is 12.1. The van der Waals surface area contributed by atoms with Crippen molar-refractivity contribution < 1.29 is 4.79 Å². The van der Waals surface area contributed by atoms with E-state index in [1.54, 1.807) is 0 Å². The molecule has 1 amide bonds. The monoisotopic (exact) mass is 482 g/mol. The molecule has 0 bridgehead atoms. The number of carbonyl (C=O) groups is 1. The predicted octanol–water partition coefficient (Wildman–Crippen LogP) is 6.89. The standard InChI is InChI=1S/C29H30N4OS/c1-5-21-11-17-24(18-12-21)30-28(34)25(6-2)35-29-31-26(22-13-7-19(3)8-14-22)27(32-33-29)23-15-9-20(4)10-16-23/h7-18,25H,5-6H2,1-4H3,(H,30,34). The van der Waals surface area contributed by atoms with Gasteiger partial charge in [0.15, 0.2) is 0 Å². The second-order valence-corrected chi connectivity index (χ2v) is 9.75. The number of aromatic nitrogens is 3. The van der Waals surface area contributed by atoms with Crippen molar-refractivity contribution in [3.05, 3.63) is 89.5 Å². The van der Waals surface area contributed by atoms with Crippen molar-refractivity contribution in [1.82, 2.24) is 15.2 Å². The van der Waals surface area contributed by atoms with E-state index in [1.807, 2.05) is 43.3 Å². The molecule has 0 fully saturated rings. The van der Waals surface area contributed by atoms with Crippen LogP contribution in [0.1, 0.15) is 37.0 Å². The highest BCUT2D eigenvalue weighted by Crippen LogP contribution is 2.32. The number of anilines is 1. The van der Waals surface area contributed by atoms with Crippen LogP contribution in [-0.4, -0.2) is 26.3 Å². The lowest BCUT2D eigenvalue weighted by molar-refractivity contribution is -0.115. The summed E-state index contributed by atoms with van der Waals surface area (Å²) in [5.74, 6) is -0.0650. The summed E-state index contributed by atoms with van der Waals surface area (Å²) in [7, 11) is 0. The van der Waals surface area contributed by atoms with Crippen molar-refractivity contribution in [2.24, 2.45) is 0 Å². The van der Waals surface area contributed by atoms with E-state index in [4.69, 9.17) is 4.98 Å². The third kappa shape index (κ3) is 6.14. The molecule has 1 heterocycles. The minimum atomic E-state index is -0.334. The fourth-order valence-electron chi connectivity index (χ4n) is 3.68. The van der Waals surface area contributed by atoms with Crippen molar-refractivity contribution >= 4 is 23.4 Å². The van der Waals surface area contributed by atoms with Gasteiger partial charge < -0.3 is 5.32 Å². The van der Waals surface area contributed by atoms with E-state index in [0.29, 0.717) is 11.6 Å². The first-order valence-corrected chi connectivity index (χ1v) is 12.8. The van der Waals surface area contributed by atoms with Crippen molar-refractivity contribution in [2.75, 3.05) is 5.32 Å². The zero-order chi connectivity index (χ0) is 24.8. The number of nitrogens with zero attached hydrogens (tertiary/aromatic N) is 3. The SMILES string of the molecule is CCc1ccc(NC(=O)C(CC)Sc2nnc(-c3ccc(C)cc3)c(-c3ccc(C)cc3)n2)cc1. The summed E-state index contributed by atoms with van der Waals surface area (Å²) in [6, 6.07) is 24.4. The first-order valence-electron chi connectivity index (χ1n) is 11.9. The van der Waals surface area contributed by atoms with Crippen LogP contribution in [0.5, 0.6) is 0 Å². The summed E-state index contributed by atoms with van der Waals surface area (Å²) in [5.41, 5.74) is 7.81. The van der Waals surface area contributed by atoms with E-state index in [9.17, 15) is 4.79 Å². The van der Waals surface area contributed by atoms with E-state index in [2.05, 4.69) is 72.7 Å². The van der Waals surface area contributed by atoms with Gasteiger partial charge in [-0.15, -0.1) is 10.2 Å². The molecule has 0 saturated heterocycles. The smallest absolute Gasteiger partial charge is 0.237 e. The van der Waals surface area contributed by atoms with Gasteiger partial charge in [0, 0.05) is 16.8 Å². The molecule has 0 aliphatic rings. The number of hydrogen-bond acceptors (Lipinski definition) is 5.